The zero-order valence-corrected chi connectivity index (χ0v) is 14.5. The van der Waals surface area contributed by atoms with Gasteiger partial charge in [-0.25, -0.2) is 9.67 Å². The summed E-state index contributed by atoms with van der Waals surface area (Å²) in [5, 5.41) is 17.4. The Hall–Kier alpha value is -3.15. The summed E-state index contributed by atoms with van der Waals surface area (Å²) in [5.74, 6) is -0.575. The zero-order valence-electron chi connectivity index (χ0n) is 14.5. The minimum Gasteiger partial charge on any atom is -0.493 e. The first kappa shape index (κ1) is 16.3. The Balaban J connectivity index is 1.64. The first-order valence-electron chi connectivity index (χ1n) is 8.73. The molecule has 1 aromatic carbocycles. The predicted molar refractivity (Wildman–Crippen MR) is 97.3 cm³/mol. The third kappa shape index (κ3) is 2.83. The van der Waals surface area contributed by atoms with Gasteiger partial charge in [0.05, 0.1) is 17.9 Å². The number of pyridine rings is 1. The van der Waals surface area contributed by atoms with Gasteiger partial charge in [-0.3, -0.25) is 4.79 Å². The highest BCUT2D eigenvalue weighted by Gasteiger charge is 2.27. The predicted octanol–water partition coefficient (Wildman–Crippen LogP) is 3.09. The van der Waals surface area contributed by atoms with Crippen molar-refractivity contribution in [3.8, 4) is 11.6 Å². The summed E-state index contributed by atoms with van der Waals surface area (Å²) < 4.78 is 1.98. The number of benzene rings is 1. The Morgan fingerprint density at radius 1 is 1.27 bits per heavy atom. The highest BCUT2D eigenvalue weighted by atomic mass is 16.3. The molecule has 1 aliphatic carbocycles. The topological polar surface area (TPSA) is 80.0 Å². The van der Waals surface area contributed by atoms with E-state index < -0.39 is 0 Å². The van der Waals surface area contributed by atoms with Crippen molar-refractivity contribution in [3.05, 3.63) is 71.2 Å². The molecule has 3 aromatic rings. The number of hydrogen-bond donors (Lipinski definition) is 2. The van der Waals surface area contributed by atoms with E-state index in [1.54, 1.807) is 12.1 Å². The average molecular weight is 348 g/mol. The van der Waals surface area contributed by atoms with Gasteiger partial charge >= 0.3 is 0 Å². The third-order valence-corrected chi connectivity index (χ3v) is 4.86. The third-order valence-electron chi connectivity index (χ3n) is 4.86. The molecule has 2 heterocycles. The Labute approximate surface area is 151 Å². The van der Waals surface area contributed by atoms with E-state index in [1.807, 2.05) is 23.0 Å². The van der Waals surface area contributed by atoms with Crippen molar-refractivity contribution in [1.82, 2.24) is 20.1 Å². The number of nitrogens with zero attached hydrogens (tertiary/aromatic N) is 3. The van der Waals surface area contributed by atoms with Gasteiger partial charge in [0.2, 0.25) is 5.88 Å². The number of fused-ring (bicyclic) bond motifs is 1. The first-order valence-corrected chi connectivity index (χ1v) is 8.73. The van der Waals surface area contributed by atoms with E-state index in [4.69, 9.17) is 0 Å². The number of hydrogen-bond acceptors (Lipinski definition) is 4. The van der Waals surface area contributed by atoms with Crippen molar-refractivity contribution in [3.63, 3.8) is 0 Å². The monoisotopic (exact) mass is 348 g/mol. The Morgan fingerprint density at radius 2 is 2.12 bits per heavy atom. The van der Waals surface area contributed by atoms with Crippen molar-refractivity contribution in [2.24, 2.45) is 0 Å². The fourth-order valence-electron chi connectivity index (χ4n) is 3.53. The van der Waals surface area contributed by atoms with E-state index in [9.17, 15) is 9.90 Å². The van der Waals surface area contributed by atoms with E-state index in [0.717, 1.165) is 41.8 Å². The summed E-state index contributed by atoms with van der Waals surface area (Å²) >= 11 is 0. The lowest BCUT2D eigenvalue weighted by atomic mass is 9.92. The average Bonchev–Trinajstić information content (AvgIpc) is 3.07. The quantitative estimate of drug-likeness (QED) is 0.762. The summed E-state index contributed by atoms with van der Waals surface area (Å²) in [6.45, 7) is 2.07. The number of amides is 1. The summed E-state index contributed by atoms with van der Waals surface area (Å²) in [5.41, 5.74) is 4.57. The zero-order chi connectivity index (χ0) is 18.1. The number of carbonyl (C=O) groups is 1. The van der Waals surface area contributed by atoms with Crippen LogP contribution in [0.4, 0.5) is 0 Å². The van der Waals surface area contributed by atoms with Crippen LogP contribution < -0.4 is 5.32 Å². The van der Waals surface area contributed by atoms with Crippen molar-refractivity contribution in [1.29, 1.82) is 0 Å². The van der Waals surface area contributed by atoms with E-state index in [0.29, 0.717) is 0 Å². The number of aryl methyl sites for hydroxylation is 1. The summed E-state index contributed by atoms with van der Waals surface area (Å²) in [6.07, 6.45) is 6.04. The maximum absolute atomic E-state index is 12.5. The lowest BCUT2D eigenvalue weighted by Crippen LogP contribution is -2.31. The first-order chi connectivity index (χ1) is 12.6. The van der Waals surface area contributed by atoms with Crippen LogP contribution in [-0.2, 0) is 6.42 Å². The second kappa shape index (κ2) is 6.63. The minimum atomic E-state index is -0.322. The van der Waals surface area contributed by atoms with Crippen molar-refractivity contribution < 1.29 is 9.90 Å². The molecule has 4 rings (SSSR count). The van der Waals surface area contributed by atoms with Gasteiger partial charge in [-0.15, -0.1) is 0 Å². The molecule has 26 heavy (non-hydrogen) atoms. The molecule has 132 valence electrons. The molecule has 1 amide bonds. The van der Waals surface area contributed by atoms with Crippen LogP contribution in [0.25, 0.3) is 5.69 Å². The maximum atomic E-state index is 12.5. The minimum absolute atomic E-state index is 0.122. The molecule has 0 radical (unpaired) electrons. The Bertz CT molecular complexity index is 964. The molecule has 1 aliphatic rings. The smallest absolute Gasteiger partial charge is 0.257 e. The van der Waals surface area contributed by atoms with Crippen LogP contribution in [0.5, 0.6) is 5.88 Å². The van der Waals surface area contributed by atoms with E-state index in [1.165, 1.54) is 6.20 Å². The second-order valence-electron chi connectivity index (χ2n) is 6.54. The van der Waals surface area contributed by atoms with Crippen LogP contribution in [0.2, 0.25) is 0 Å². The van der Waals surface area contributed by atoms with Crippen LogP contribution in [0, 0.1) is 6.92 Å². The highest BCUT2D eigenvalue weighted by molar-refractivity contribution is 5.96. The van der Waals surface area contributed by atoms with Crippen LogP contribution >= 0.6 is 0 Å². The van der Waals surface area contributed by atoms with E-state index >= 15 is 0 Å². The molecule has 6 heteroatoms. The van der Waals surface area contributed by atoms with Gasteiger partial charge in [-0.05, 0) is 49.9 Å². The molecule has 2 aromatic heterocycles. The molecular formula is C20H20N4O2. The fraction of sp³-hybridized carbons (Fsp3) is 0.250. The lowest BCUT2D eigenvalue weighted by molar-refractivity contribution is 0.0929. The van der Waals surface area contributed by atoms with Gasteiger partial charge in [0.25, 0.3) is 5.91 Å². The normalized spacial score (nSPS) is 16.1. The molecule has 0 saturated carbocycles. The largest absolute Gasteiger partial charge is 0.493 e. The van der Waals surface area contributed by atoms with Crippen molar-refractivity contribution >= 4 is 5.91 Å². The number of rotatable bonds is 3. The number of aromatic nitrogens is 3. The van der Waals surface area contributed by atoms with Gasteiger partial charge in [0, 0.05) is 17.5 Å². The molecule has 6 nitrogen and oxygen atoms in total. The van der Waals surface area contributed by atoms with Gasteiger partial charge in [0.1, 0.15) is 5.56 Å². The molecule has 2 N–H and O–H groups in total. The van der Waals surface area contributed by atoms with Crippen LogP contribution in [0.1, 0.15) is 46.1 Å². The van der Waals surface area contributed by atoms with Crippen LogP contribution in [-0.4, -0.2) is 25.8 Å². The van der Waals surface area contributed by atoms with Crippen molar-refractivity contribution in [2.75, 3.05) is 0 Å². The molecule has 1 atom stereocenters. The highest BCUT2D eigenvalue weighted by Crippen LogP contribution is 2.32. The Kier molecular flexibility index (Phi) is 4.16. The molecule has 0 bridgehead atoms. The summed E-state index contributed by atoms with van der Waals surface area (Å²) in [7, 11) is 0. The number of para-hydroxylation sites is 1. The second-order valence-corrected chi connectivity index (χ2v) is 6.54. The van der Waals surface area contributed by atoms with Crippen LogP contribution in [0.15, 0.2) is 48.8 Å². The van der Waals surface area contributed by atoms with Gasteiger partial charge in [0.15, 0.2) is 0 Å². The van der Waals surface area contributed by atoms with Gasteiger partial charge < -0.3 is 10.4 Å². The molecule has 0 fully saturated rings. The lowest BCUT2D eigenvalue weighted by Gasteiger charge is -2.24. The number of nitrogens with one attached hydrogen (secondary N) is 1. The molecule has 1 unspecified atom stereocenters. The standard InChI is InChI=1S/C20H20N4O2/c1-13-6-2-3-9-17(13)24-18-10-4-8-16(15(18)12-22-24)23-20(26)14-7-5-11-21-19(14)25/h2-3,5-7,9,11-12,16H,4,8,10H2,1H3,(H,21,25)(H,23,26). The van der Waals surface area contributed by atoms with Gasteiger partial charge in [-0.1, -0.05) is 18.2 Å². The van der Waals surface area contributed by atoms with Crippen LogP contribution in [0.3, 0.4) is 0 Å². The fourth-order valence-corrected chi connectivity index (χ4v) is 3.53. The van der Waals surface area contributed by atoms with Crippen molar-refractivity contribution in [2.45, 2.75) is 32.2 Å². The number of aromatic hydroxyl groups is 1. The van der Waals surface area contributed by atoms with Gasteiger partial charge in [-0.2, -0.15) is 5.10 Å². The van der Waals surface area contributed by atoms with E-state index in [-0.39, 0.29) is 23.4 Å². The summed E-state index contributed by atoms with van der Waals surface area (Å²) in [6, 6.07) is 11.2. The molecule has 0 spiro atoms. The molecule has 0 aliphatic heterocycles. The van der Waals surface area contributed by atoms with E-state index in [2.05, 4.69) is 34.5 Å². The molecule has 0 saturated heterocycles. The SMILES string of the molecule is Cc1ccccc1-n1ncc2c1CCCC2NC(=O)c1cccnc1O. The molecular weight excluding hydrogens is 328 g/mol. The maximum Gasteiger partial charge on any atom is 0.257 e. The number of carbonyl (C=O) groups excluding carboxylic acids is 1. The Morgan fingerprint density at radius 3 is 2.92 bits per heavy atom. The summed E-state index contributed by atoms with van der Waals surface area (Å²) in [4.78, 5) is 16.3.